The Labute approximate surface area is 127 Å². The molecule has 17 heavy (non-hydrogen) atoms. The van der Waals surface area contributed by atoms with Crippen molar-refractivity contribution >= 4 is 6.08 Å². The Balaban J connectivity index is 0.000000902. The second kappa shape index (κ2) is 3.86. The van der Waals surface area contributed by atoms with Gasteiger partial charge in [0.1, 0.15) is 0 Å². The fraction of sp³-hybridized carbons (Fsp3) is 0.133. The van der Waals surface area contributed by atoms with Crippen LogP contribution in [0, 0.1) is 5.92 Å². The first-order valence-electron chi connectivity index (χ1n) is 5.67. The summed E-state index contributed by atoms with van der Waals surface area (Å²) in [6.45, 7) is 2.23. The molecule has 81 valence electrons. The van der Waals surface area contributed by atoms with Crippen LogP contribution in [0.3, 0.4) is 0 Å². The molecule has 0 saturated heterocycles. The predicted molar refractivity (Wildman–Crippen MR) is 65.3 cm³/mol. The Bertz CT molecular complexity index is 568. The van der Waals surface area contributed by atoms with Gasteiger partial charge in [-0.1, -0.05) is 30.2 Å². The van der Waals surface area contributed by atoms with Gasteiger partial charge in [0.15, 0.2) is 0 Å². The first kappa shape index (κ1) is 11.3. The van der Waals surface area contributed by atoms with Crippen LogP contribution in [0.4, 0.5) is 0 Å². The molecule has 1 atom stereocenters. The molecule has 2 heteroatoms. The number of rotatable bonds is 0. The van der Waals surface area contributed by atoms with Crippen LogP contribution in [-0.4, -0.2) is 4.90 Å². The maximum absolute atomic E-state index is 2.30. The molecule has 0 bridgehead atoms. The van der Waals surface area contributed by atoms with Crippen molar-refractivity contribution in [1.29, 1.82) is 0 Å². The van der Waals surface area contributed by atoms with Gasteiger partial charge in [-0.2, -0.15) is 0 Å². The molecule has 0 amide bonds. The standard InChI is InChI=1S/C15H12N.Y/c1-10-12-5-2-4-11-7-9-16-8-3-6-13(10)15(16)14(11)12;/h2-9,15H,1H3;/q-1;. The quantitative estimate of drug-likeness (QED) is 0.663. The van der Waals surface area contributed by atoms with E-state index in [0.717, 1.165) is 0 Å². The minimum absolute atomic E-state index is 0. The first-order chi connectivity index (χ1) is 7.86. The predicted octanol–water partition coefficient (Wildman–Crippen LogP) is 3.42. The molecular weight excluding hydrogens is 283 g/mol. The maximum Gasteiger partial charge on any atom is 0.0345 e. The van der Waals surface area contributed by atoms with Crippen LogP contribution < -0.4 is 0 Å². The van der Waals surface area contributed by atoms with Crippen molar-refractivity contribution in [3.63, 3.8) is 0 Å². The topological polar surface area (TPSA) is 3.24 Å². The molecule has 1 radical (unpaired) electrons. The van der Waals surface area contributed by atoms with Crippen LogP contribution in [0.5, 0.6) is 0 Å². The Hall–Kier alpha value is -0.786. The van der Waals surface area contributed by atoms with E-state index >= 15 is 0 Å². The number of hydrogen-bond donors (Lipinski definition) is 0. The van der Waals surface area contributed by atoms with Crippen molar-refractivity contribution in [2.24, 2.45) is 0 Å². The molecule has 2 aliphatic heterocycles. The fourth-order valence-corrected chi connectivity index (χ4v) is 3.04. The van der Waals surface area contributed by atoms with E-state index in [4.69, 9.17) is 0 Å². The average molecular weight is 295 g/mol. The zero-order valence-electron chi connectivity index (χ0n) is 9.72. The minimum Gasteiger partial charge on any atom is -0.354 e. The van der Waals surface area contributed by atoms with Crippen LogP contribution in [0.1, 0.15) is 29.7 Å². The zero-order valence-corrected chi connectivity index (χ0v) is 12.6. The smallest absolute Gasteiger partial charge is 0.0345 e. The van der Waals surface area contributed by atoms with E-state index in [1.165, 1.54) is 28.2 Å². The molecular formula is C15H12NY-. The van der Waals surface area contributed by atoms with E-state index in [2.05, 4.69) is 60.7 Å². The van der Waals surface area contributed by atoms with E-state index in [1.54, 1.807) is 0 Å². The number of allylic oxidation sites excluding steroid dienone is 2. The van der Waals surface area contributed by atoms with Gasteiger partial charge in [-0.3, -0.25) is 0 Å². The summed E-state index contributed by atoms with van der Waals surface area (Å²) >= 11 is 0. The van der Waals surface area contributed by atoms with Gasteiger partial charge >= 0.3 is 0 Å². The van der Waals surface area contributed by atoms with Crippen LogP contribution >= 0.6 is 0 Å². The molecule has 0 aromatic heterocycles. The van der Waals surface area contributed by atoms with Crippen molar-refractivity contribution in [2.75, 3.05) is 0 Å². The van der Waals surface area contributed by atoms with Gasteiger partial charge in [-0.15, -0.1) is 35.3 Å². The molecule has 4 rings (SSSR count). The number of benzene rings is 1. The largest absolute Gasteiger partial charge is 0.354 e. The molecule has 1 aliphatic carbocycles. The number of hydrogen-bond acceptors (Lipinski definition) is 1. The van der Waals surface area contributed by atoms with Crippen molar-refractivity contribution < 1.29 is 32.7 Å². The molecule has 1 aromatic carbocycles. The summed E-state index contributed by atoms with van der Waals surface area (Å²) in [6, 6.07) is 7.04. The second-order valence-corrected chi connectivity index (χ2v) is 4.56. The summed E-state index contributed by atoms with van der Waals surface area (Å²) in [5.74, 6) is 1.43. The molecule has 0 fully saturated rings. The molecule has 0 N–H and O–H groups in total. The van der Waals surface area contributed by atoms with Gasteiger partial charge in [-0.05, 0) is 12.3 Å². The first-order valence-corrected chi connectivity index (χ1v) is 5.67. The molecule has 2 heterocycles. The van der Waals surface area contributed by atoms with Crippen molar-refractivity contribution in [2.45, 2.75) is 13.0 Å². The third-order valence-corrected chi connectivity index (χ3v) is 3.80. The van der Waals surface area contributed by atoms with Gasteiger partial charge in [0, 0.05) is 45.0 Å². The van der Waals surface area contributed by atoms with Gasteiger partial charge in [0.2, 0.25) is 0 Å². The minimum atomic E-state index is 0. The average Bonchev–Trinajstić information content (AvgIpc) is 2.64. The van der Waals surface area contributed by atoms with Crippen LogP contribution in [0.15, 0.2) is 48.3 Å². The Morgan fingerprint density at radius 3 is 3.00 bits per heavy atom. The summed E-state index contributed by atoms with van der Waals surface area (Å²) in [6.07, 6.45) is 10.9. The zero-order chi connectivity index (χ0) is 10.7. The molecule has 1 aromatic rings. The fourth-order valence-electron chi connectivity index (χ4n) is 3.04. The van der Waals surface area contributed by atoms with Crippen molar-refractivity contribution in [1.82, 2.24) is 4.90 Å². The third kappa shape index (κ3) is 1.36. The molecule has 1 nitrogen and oxygen atoms in total. The Morgan fingerprint density at radius 1 is 1.24 bits per heavy atom. The van der Waals surface area contributed by atoms with Crippen LogP contribution in [-0.2, 0) is 32.7 Å². The van der Waals surface area contributed by atoms with Gasteiger partial charge < -0.3 is 4.90 Å². The van der Waals surface area contributed by atoms with Gasteiger partial charge in [0.25, 0.3) is 0 Å². The van der Waals surface area contributed by atoms with Gasteiger partial charge in [0.05, 0.1) is 0 Å². The summed E-state index contributed by atoms with van der Waals surface area (Å²) in [4.78, 5) is 2.30. The summed E-state index contributed by atoms with van der Waals surface area (Å²) < 4.78 is 0. The third-order valence-electron chi connectivity index (χ3n) is 3.80. The summed E-state index contributed by atoms with van der Waals surface area (Å²) in [5.41, 5.74) is 5.73. The van der Waals surface area contributed by atoms with Crippen LogP contribution in [0.25, 0.3) is 6.08 Å². The van der Waals surface area contributed by atoms with E-state index in [-0.39, 0.29) is 32.7 Å². The van der Waals surface area contributed by atoms with Gasteiger partial charge in [-0.25, -0.2) is 0 Å². The second-order valence-electron chi connectivity index (χ2n) is 4.56. The Kier molecular flexibility index (Phi) is 2.57. The SMILES string of the molecule is C[C-]1C2=CC=CN3C=Cc4cccc1c4C23.[Y]. The summed E-state index contributed by atoms with van der Waals surface area (Å²) in [5, 5.41) is 0. The number of nitrogens with zero attached hydrogens (tertiary/aromatic N) is 1. The maximum atomic E-state index is 2.30. The normalized spacial score (nSPS) is 22.2. The molecule has 0 saturated carbocycles. The van der Waals surface area contributed by atoms with E-state index < -0.39 is 0 Å². The van der Waals surface area contributed by atoms with E-state index in [1.807, 2.05) is 0 Å². The monoisotopic (exact) mass is 295 g/mol. The summed E-state index contributed by atoms with van der Waals surface area (Å²) in [7, 11) is 0. The van der Waals surface area contributed by atoms with Crippen molar-refractivity contribution in [3.05, 3.63) is 70.9 Å². The molecule has 1 unspecified atom stereocenters. The van der Waals surface area contributed by atoms with Crippen molar-refractivity contribution in [3.8, 4) is 0 Å². The van der Waals surface area contributed by atoms with E-state index in [9.17, 15) is 0 Å². The Morgan fingerprint density at radius 2 is 2.12 bits per heavy atom. The van der Waals surface area contributed by atoms with E-state index in [0.29, 0.717) is 6.04 Å². The van der Waals surface area contributed by atoms with Crippen LogP contribution in [0.2, 0.25) is 0 Å². The molecule has 3 aliphatic rings. The molecule has 0 spiro atoms.